The Labute approximate surface area is 184 Å². The van der Waals surface area contributed by atoms with Crippen LogP contribution in [-0.4, -0.2) is 66.2 Å². The Morgan fingerprint density at radius 2 is 1.83 bits per heavy atom. The molecule has 0 radical (unpaired) electrons. The number of hydrogen-bond donors (Lipinski definition) is 1. The fourth-order valence-electron chi connectivity index (χ4n) is 4.96. The van der Waals surface area contributed by atoms with Crippen LogP contribution in [-0.2, 0) is 0 Å². The molecule has 1 aromatic carbocycles. The van der Waals surface area contributed by atoms with Gasteiger partial charge in [0, 0.05) is 50.1 Å². The lowest BCUT2D eigenvalue weighted by Gasteiger charge is -2.47. The summed E-state index contributed by atoms with van der Waals surface area (Å²) in [6, 6.07) is 2.68. The van der Waals surface area contributed by atoms with Crippen molar-refractivity contribution in [3.05, 3.63) is 29.1 Å². The third kappa shape index (κ3) is 5.48. The third-order valence-corrected chi connectivity index (χ3v) is 7.53. The van der Waals surface area contributed by atoms with Gasteiger partial charge in [0.15, 0.2) is 0 Å². The molecule has 1 aromatic rings. The molecule has 1 amide bonds. The minimum absolute atomic E-state index is 0.0102. The molecule has 7 heteroatoms. The summed E-state index contributed by atoms with van der Waals surface area (Å²) in [5.41, 5.74) is 1.05. The number of methoxy groups -OCH3 is 1. The van der Waals surface area contributed by atoms with Crippen LogP contribution in [0.25, 0.3) is 0 Å². The summed E-state index contributed by atoms with van der Waals surface area (Å²) in [5.74, 6) is 0.849. The second-order valence-electron chi connectivity index (χ2n) is 8.46. The van der Waals surface area contributed by atoms with Gasteiger partial charge in [-0.05, 0) is 31.4 Å². The number of amides is 1. The predicted octanol–water partition coefficient (Wildman–Crippen LogP) is 4.25. The Hall–Kier alpha value is -1.31. The summed E-state index contributed by atoms with van der Waals surface area (Å²) < 4.78 is 21.5. The molecule has 168 valence electrons. The highest BCUT2D eigenvalue weighted by Crippen LogP contribution is 2.34. The first kappa shape index (κ1) is 23.4. The van der Waals surface area contributed by atoms with E-state index >= 15 is 0 Å². The Kier molecular flexibility index (Phi) is 8.43. The molecule has 1 heterocycles. The van der Waals surface area contributed by atoms with Gasteiger partial charge in [-0.2, -0.15) is 0 Å². The van der Waals surface area contributed by atoms with Gasteiger partial charge < -0.3 is 10.1 Å². The molecule has 0 unspecified atom stereocenters. The first-order valence-corrected chi connectivity index (χ1v) is 12.2. The Morgan fingerprint density at radius 3 is 2.43 bits per heavy atom. The fraction of sp³-hybridized carbons (Fsp3) is 0.696. The number of aryl methyl sites for hydroxylation is 1. The van der Waals surface area contributed by atoms with Gasteiger partial charge in [0.2, 0.25) is 0 Å². The van der Waals surface area contributed by atoms with Gasteiger partial charge in [0.05, 0.1) is 12.7 Å². The molecule has 2 fully saturated rings. The normalized spacial score (nSPS) is 20.5. The van der Waals surface area contributed by atoms with Crippen molar-refractivity contribution in [2.75, 3.05) is 45.6 Å². The molecular weight excluding hydrogens is 401 g/mol. The van der Waals surface area contributed by atoms with E-state index in [1.165, 1.54) is 44.9 Å². The van der Waals surface area contributed by atoms with Crippen LogP contribution in [0.2, 0.25) is 0 Å². The van der Waals surface area contributed by atoms with E-state index in [9.17, 15) is 9.18 Å². The SMILES string of the molecule is CCSN1CCN(C2(CNC(=O)c3c(C)cc(F)cc3OC)CCCCCC2)CC1. The molecule has 0 atom stereocenters. The van der Waals surface area contributed by atoms with Gasteiger partial charge in [-0.15, -0.1) is 0 Å². The van der Waals surface area contributed by atoms with Crippen molar-refractivity contribution in [2.24, 2.45) is 0 Å². The zero-order valence-electron chi connectivity index (χ0n) is 18.6. The van der Waals surface area contributed by atoms with Gasteiger partial charge in [-0.25, -0.2) is 8.70 Å². The lowest BCUT2D eigenvalue weighted by Crippen LogP contribution is -2.60. The number of hydrogen-bond acceptors (Lipinski definition) is 5. The Morgan fingerprint density at radius 1 is 1.17 bits per heavy atom. The monoisotopic (exact) mass is 437 g/mol. The molecule has 0 spiro atoms. The van der Waals surface area contributed by atoms with Crippen LogP contribution in [0.15, 0.2) is 12.1 Å². The van der Waals surface area contributed by atoms with Crippen molar-refractivity contribution in [2.45, 2.75) is 57.9 Å². The van der Waals surface area contributed by atoms with E-state index in [1.54, 1.807) is 6.92 Å². The number of nitrogens with zero attached hydrogens (tertiary/aromatic N) is 2. The smallest absolute Gasteiger partial charge is 0.255 e. The fourth-order valence-corrected chi connectivity index (χ4v) is 5.75. The number of halogens is 1. The first-order chi connectivity index (χ1) is 14.5. The van der Waals surface area contributed by atoms with Crippen molar-refractivity contribution in [1.82, 2.24) is 14.5 Å². The molecule has 2 aliphatic rings. The van der Waals surface area contributed by atoms with Crippen molar-refractivity contribution < 1.29 is 13.9 Å². The summed E-state index contributed by atoms with van der Waals surface area (Å²) in [6.45, 7) is 8.81. The maximum atomic E-state index is 13.7. The van der Waals surface area contributed by atoms with Crippen LogP contribution in [0.5, 0.6) is 5.75 Å². The average Bonchev–Trinajstić information content (AvgIpc) is 2.99. The van der Waals surface area contributed by atoms with Crippen molar-refractivity contribution in [1.29, 1.82) is 0 Å². The predicted molar refractivity (Wildman–Crippen MR) is 122 cm³/mol. The number of ether oxygens (including phenoxy) is 1. The van der Waals surface area contributed by atoms with Gasteiger partial charge >= 0.3 is 0 Å². The zero-order valence-corrected chi connectivity index (χ0v) is 19.5. The molecule has 3 rings (SSSR count). The Bertz CT molecular complexity index is 715. The molecule has 1 saturated heterocycles. The lowest BCUT2D eigenvalue weighted by atomic mass is 9.87. The zero-order chi connectivity index (χ0) is 21.6. The van der Waals surface area contributed by atoms with Crippen LogP contribution >= 0.6 is 11.9 Å². The second kappa shape index (κ2) is 10.8. The van der Waals surface area contributed by atoms with Crippen LogP contribution < -0.4 is 10.1 Å². The van der Waals surface area contributed by atoms with Gasteiger partial charge in [-0.3, -0.25) is 9.69 Å². The van der Waals surface area contributed by atoms with E-state index < -0.39 is 0 Å². The molecule has 30 heavy (non-hydrogen) atoms. The minimum atomic E-state index is -0.385. The van der Waals surface area contributed by atoms with Crippen LogP contribution in [0.3, 0.4) is 0 Å². The van der Waals surface area contributed by atoms with Crippen LogP contribution in [0, 0.1) is 12.7 Å². The topological polar surface area (TPSA) is 44.8 Å². The maximum Gasteiger partial charge on any atom is 0.255 e. The Balaban J connectivity index is 1.74. The molecule has 0 aromatic heterocycles. The molecule has 1 N–H and O–H groups in total. The molecule has 0 bridgehead atoms. The number of nitrogens with one attached hydrogen (secondary N) is 1. The molecule has 1 aliphatic carbocycles. The highest BCUT2D eigenvalue weighted by Gasteiger charge is 2.39. The van der Waals surface area contributed by atoms with Crippen LogP contribution in [0.4, 0.5) is 4.39 Å². The summed E-state index contributed by atoms with van der Waals surface area (Å²) in [6.07, 6.45) is 7.19. The standard InChI is InChI=1S/C23H36FN3O2S/c1-4-30-27-13-11-26(12-14-27)23(9-7-5-6-8-10-23)17-25-22(28)21-18(2)15-19(24)16-20(21)29-3/h15-16H,4-14,17H2,1-3H3,(H,25,28). The molecule has 1 aliphatic heterocycles. The van der Waals surface area contributed by atoms with Crippen molar-refractivity contribution in [3.63, 3.8) is 0 Å². The number of rotatable bonds is 7. The van der Waals surface area contributed by atoms with Gasteiger partial charge in [-0.1, -0.05) is 44.6 Å². The second-order valence-corrected chi connectivity index (χ2v) is 9.81. The van der Waals surface area contributed by atoms with Crippen molar-refractivity contribution in [3.8, 4) is 5.75 Å². The van der Waals surface area contributed by atoms with Gasteiger partial charge in [0.1, 0.15) is 11.6 Å². The third-order valence-electron chi connectivity index (χ3n) is 6.54. The number of carbonyl (C=O) groups excluding carboxylic acids is 1. The maximum absolute atomic E-state index is 13.7. The van der Waals surface area contributed by atoms with E-state index in [-0.39, 0.29) is 17.3 Å². The van der Waals surface area contributed by atoms with Crippen molar-refractivity contribution >= 4 is 17.9 Å². The van der Waals surface area contributed by atoms with Gasteiger partial charge in [0.25, 0.3) is 5.91 Å². The first-order valence-electron chi connectivity index (χ1n) is 11.2. The highest BCUT2D eigenvalue weighted by molar-refractivity contribution is 7.96. The number of benzene rings is 1. The van der Waals surface area contributed by atoms with E-state index in [0.29, 0.717) is 23.4 Å². The average molecular weight is 438 g/mol. The molecule has 5 nitrogen and oxygen atoms in total. The van der Waals surface area contributed by atoms with Crippen LogP contribution in [0.1, 0.15) is 61.4 Å². The summed E-state index contributed by atoms with van der Waals surface area (Å²) in [5, 5.41) is 3.20. The largest absolute Gasteiger partial charge is 0.496 e. The molecular formula is C23H36FN3O2S. The number of piperazine rings is 1. The minimum Gasteiger partial charge on any atom is -0.496 e. The van der Waals surface area contributed by atoms with E-state index in [4.69, 9.17) is 4.74 Å². The quantitative estimate of drug-likeness (QED) is 0.510. The lowest BCUT2D eigenvalue weighted by molar-refractivity contribution is 0.0409. The molecule has 1 saturated carbocycles. The van der Waals surface area contributed by atoms with E-state index in [2.05, 4.69) is 21.4 Å². The summed E-state index contributed by atoms with van der Waals surface area (Å²) >= 11 is 1.92. The van der Waals surface area contributed by atoms with E-state index in [0.717, 1.165) is 44.8 Å². The summed E-state index contributed by atoms with van der Waals surface area (Å²) in [4.78, 5) is 15.7. The van der Waals surface area contributed by atoms with E-state index in [1.807, 2.05) is 11.9 Å². The summed E-state index contributed by atoms with van der Waals surface area (Å²) in [7, 11) is 1.48. The highest BCUT2D eigenvalue weighted by atomic mass is 32.2. The number of carbonyl (C=O) groups is 1.